The lowest BCUT2D eigenvalue weighted by Gasteiger charge is -2.11. The molecule has 1 aliphatic heterocycles. The summed E-state index contributed by atoms with van der Waals surface area (Å²) in [6, 6.07) is 0. The molecule has 0 bridgehead atoms. The Morgan fingerprint density at radius 3 is 1.92 bits per heavy atom. The van der Waals surface area contributed by atoms with E-state index in [1.807, 2.05) is 14.0 Å². The van der Waals surface area contributed by atoms with E-state index in [9.17, 15) is 17.3 Å². The number of quaternary nitrogens is 1. The van der Waals surface area contributed by atoms with Gasteiger partial charge in [-0.3, -0.25) is 0 Å². The fourth-order valence-electron chi connectivity index (χ4n) is 0.417. The Hall–Kier alpha value is -0.985. The zero-order chi connectivity index (χ0) is 10.5. The van der Waals surface area contributed by atoms with Crippen molar-refractivity contribution in [2.75, 3.05) is 13.6 Å². The van der Waals surface area contributed by atoms with Crippen LogP contribution in [0.4, 0.5) is 17.3 Å². The van der Waals surface area contributed by atoms with E-state index in [1.165, 1.54) is 0 Å². The first-order chi connectivity index (χ1) is 5.77. The van der Waals surface area contributed by atoms with Crippen molar-refractivity contribution in [3.8, 4) is 0 Å². The summed E-state index contributed by atoms with van der Waals surface area (Å²) < 4.78 is 39.5. The van der Waals surface area contributed by atoms with Crippen LogP contribution in [0.5, 0.6) is 0 Å². The topological polar surface area (TPSA) is 37.1 Å². The molecular weight excluding hydrogens is 191 g/mol. The summed E-state index contributed by atoms with van der Waals surface area (Å²) >= 11 is 0. The minimum Gasteiger partial charge on any atom is -0.418 e. The van der Waals surface area contributed by atoms with E-state index in [4.69, 9.17) is 0 Å². The molecule has 0 fully saturated rings. The first-order valence-electron chi connectivity index (χ1n) is 3.46. The number of halogens is 4. The molecule has 76 valence electrons. The predicted octanol–water partition coefficient (Wildman–Crippen LogP) is 2.08. The highest BCUT2D eigenvalue weighted by Gasteiger charge is 2.20. The number of hydrogen-bond donors (Lipinski definition) is 0. The Morgan fingerprint density at radius 2 is 1.77 bits per heavy atom. The van der Waals surface area contributed by atoms with E-state index in [0.29, 0.717) is 4.59 Å². The molecule has 1 atom stereocenters. The Balaban J connectivity index is 0.000000252. The lowest BCUT2D eigenvalue weighted by atomic mass is 10.3. The predicted molar refractivity (Wildman–Crippen MR) is 40.3 cm³/mol. The van der Waals surface area contributed by atoms with Gasteiger partial charge in [0.2, 0.25) is 6.34 Å². The van der Waals surface area contributed by atoms with Gasteiger partial charge in [-0.15, -0.1) is 4.59 Å². The normalized spacial score (nSPS) is 25.7. The van der Waals surface area contributed by atoms with Crippen LogP contribution in [0, 0.1) is 0 Å². The molecule has 0 saturated carbocycles. The smallest absolute Gasteiger partial charge is 0.418 e. The maximum atomic E-state index is 9.75. The van der Waals surface area contributed by atoms with Crippen LogP contribution in [0.2, 0.25) is 0 Å². The van der Waals surface area contributed by atoms with Gasteiger partial charge < -0.3 is 17.3 Å². The fourth-order valence-corrected chi connectivity index (χ4v) is 0.417. The molecule has 1 aliphatic rings. The largest absolute Gasteiger partial charge is 0.673 e. The molecule has 9 heteroatoms. The quantitative estimate of drug-likeness (QED) is 0.353. The molecule has 0 radical (unpaired) electrons. The van der Waals surface area contributed by atoms with Gasteiger partial charge in [0.15, 0.2) is 0 Å². The SMILES string of the molecule is CC[N+]1(C)C=NN=N1.F[B-](F)(F)F. The van der Waals surface area contributed by atoms with Gasteiger partial charge >= 0.3 is 7.25 Å². The summed E-state index contributed by atoms with van der Waals surface area (Å²) in [5, 5.41) is 10.9. The highest BCUT2D eigenvalue weighted by Crippen LogP contribution is 2.06. The summed E-state index contributed by atoms with van der Waals surface area (Å²) in [6.07, 6.45) is 1.71. The number of hydrogen-bond acceptors (Lipinski definition) is 3. The molecule has 0 spiro atoms. The summed E-state index contributed by atoms with van der Waals surface area (Å²) in [5.74, 6) is 0. The third-order valence-corrected chi connectivity index (χ3v) is 1.24. The molecule has 0 aliphatic carbocycles. The molecule has 0 aromatic rings. The monoisotopic (exact) mass is 200 g/mol. The second kappa shape index (κ2) is 4.31. The van der Waals surface area contributed by atoms with Gasteiger partial charge in [0.05, 0.1) is 5.22 Å². The van der Waals surface area contributed by atoms with Crippen LogP contribution >= 0.6 is 0 Å². The highest BCUT2D eigenvalue weighted by atomic mass is 19.5. The Kier molecular flexibility index (Phi) is 3.98. The molecule has 0 amide bonds. The lowest BCUT2D eigenvalue weighted by Crippen LogP contribution is -2.33. The maximum Gasteiger partial charge on any atom is 0.673 e. The van der Waals surface area contributed by atoms with Gasteiger partial charge in [0, 0.05) is 5.22 Å². The van der Waals surface area contributed by atoms with Gasteiger partial charge in [-0.05, 0) is 6.92 Å². The third kappa shape index (κ3) is 7.38. The van der Waals surface area contributed by atoms with Crippen LogP contribution in [0.15, 0.2) is 15.5 Å². The Labute approximate surface area is 72.6 Å². The van der Waals surface area contributed by atoms with Crippen molar-refractivity contribution < 1.29 is 21.9 Å². The van der Waals surface area contributed by atoms with E-state index >= 15 is 0 Å². The van der Waals surface area contributed by atoms with Crippen LogP contribution in [0.25, 0.3) is 0 Å². The van der Waals surface area contributed by atoms with E-state index in [-0.39, 0.29) is 0 Å². The minimum absolute atomic E-state index is 0.486. The van der Waals surface area contributed by atoms with Gasteiger partial charge in [0.1, 0.15) is 13.6 Å². The molecule has 1 heterocycles. The highest BCUT2D eigenvalue weighted by molar-refractivity contribution is 6.50. The first-order valence-corrected chi connectivity index (χ1v) is 3.46. The first kappa shape index (κ1) is 12.0. The zero-order valence-corrected chi connectivity index (χ0v) is 7.16. The average molecular weight is 200 g/mol. The Bertz CT molecular complexity index is 195. The summed E-state index contributed by atoms with van der Waals surface area (Å²) in [4.78, 5) is 0. The van der Waals surface area contributed by atoms with Crippen molar-refractivity contribution in [1.82, 2.24) is 0 Å². The van der Waals surface area contributed by atoms with Crippen LogP contribution in [-0.4, -0.2) is 31.8 Å². The molecule has 4 nitrogen and oxygen atoms in total. The molecule has 0 aromatic heterocycles. The van der Waals surface area contributed by atoms with Crippen molar-refractivity contribution in [3.05, 3.63) is 0 Å². The second-order valence-electron chi connectivity index (χ2n) is 2.43. The molecule has 1 rings (SSSR count). The fraction of sp³-hybridized carbons (Fsp3) is 0.750. The average Bonchev–Trinajstić information content (AvgIpc) is 2.34. The third-order valence-electron chi connectivity index (χ3n) is 1.24. The van der Waals surface area contributed by atoms with Crippen molar-refractivity contribution in [3.63, 3.8) is 0 Å². The lowest BCUT2D eigenvalue weighted by molar-refractivity contribution is -0.820. The van der Waals surface area contributed by atoms with Crippen molar-refractivity contribution in [2.45, 2.75) is 6.92 Å². The summed E-state index contributed by atoms with van der Waals surface area (Å²) in [6.45, 7) is 2.95. The second-order valence-corrected chi connectivity index (χ2v) is 2.43. The van der Waals surface area contributed by atoms with E-state index < -0.39 is 7.25 Å². The van der Waals surface area contributed by atoms with Crippen LogP contribution in [0.3, 0.4) is 0 Å². The number of nitrogens with zero attached hydrogens (tertiary/aromatic N) is 4. The van der Waals surface area contributed by atoms with E-state index in [1.54, 1.807) is 6.34 Å². The van der Waals surface area contributed by atoms with Crippen LogP contribution in [0.1, 0.15) is 6.92 Å². The van der Waals surface area contributed by atoms with Gasteiger partial charge in [-0.2, -0.15) is 0 Å². The van der Waals surface area contributed by atoms with Crippen LogP contribution in [-0.2, 0) is 0 Å². The minimum atomic E-state index is -6.00. The van der Waals surface area contributed by atoms with Gasteiger partial charge in [0.25, 0.3) is 0 Å². The molecule has 0 N–H and O–H groups in total. The standard InChI is InChI=1S/C4H9N4.BF4/c1-3-8(2)4-5-6-7-8;2-1(3,4)5/h4H,3H2,1-2H3;/q+1;-1. The van der Waals surface area contributed by atoms with Gasteiger partial charge in [-0.25, -0.2) is 0 Å². The zero-order valence-electron chi connectivity index (χ0n) is 7.16. The van der Waals surface area contributed by atoms with Crippen LogP contribution < -0.4 is 0 Å². The van der Waals surface area contributed by atoms with Gasteiger partial charge in [-0.1, -0.05) is 5.10 Å². The van der Waals surface area contributed by atoms with Crippen molar-refractivity contribution in [1.29, 1.82) is 0 Å². The summed E-state index contributed by atoms with van der Waals surface area (Å²) in [5.41, 5.74) is 0. The molecular formula is C4H9BF4N4. The molecule has 13 heavy (non-hydrogen) atoms. The number of rotatable bonds is 1. The summed E-state index contributed by atoms with van der Waals surface area (Å²) in [7, 11) is -4.06. The maximum absolute atomic E-state index is 9.75. The van der Waals surface area contributed by atoms with E-state index in [0.717, 1.165) is 6.54 Å². The Morgan fingerprint density at radius 1 is 1.31 bits per heavy atom. The molecule has 0 aromatic carbocycles. The molecule has 1 unspecified atom stereocenters. The van der Waals surface area contributed by atoms with E-state index in [2.05, 4.69) is 15.5 Å². The van der Waals surface area contributed by atoms with Crippen molar-refractivity contribution in [2.24, 2.45) is 15.5 Å². The van der Waals surface area contributed by atoms with Crippen molar-refractivity contribution >= 4 is 13.6 Å². The molecule has 0 saturated heterocycles.